The fraction of sp³-hybridized carbons (Fsp3) is 0. The molecule has 0 unspecified atom stereocenters. The molecule has 0 aromatic carbocycles. The van der Waals surface area contributed by atoms with Gasteiger partial charge in [0.2, 0.25) is 0 Å². The first-order chi connectivity index (χ1) is 3.93. The molecule has 0 saturated carbocycles. The predicted octanol–water partition coefficient (Wildman–Crippen LogP) is 0.289. The lowest BCUT2D eigenvalue weighted by Gasteiger charge is -1.80. The Morgan fingerprint density at radius 3 is 2.75 bits per heavy atom. The van der Waals surface area contributed by atoms with Gasteiger partial charge < -0.3 is 0 Å². The van der Waals surface area contributed by atoms with Gasteiger partial charge in [-0.1, -0.05) is 0 Å². The Morgan fingerprint density at radius 2 is 2.38 bits per heavy atom. The van der Waals surface area contributed by atoms with Crippen molar-refractivity contribution in [3.63, 3.8) is 0 Å². The minimum absolute atomic E-state index is 0.368. The highest BCUT2D eigenvalue weighted by molar-refractivity contribution is 5.70. The van der Waals surface area contributed by atoms with Crippen LogP contribution in [0.2, 0.25) is 0 Å². The molecule has 0 N–H and O–H groups in total. The van der Waals surface area contributed by atoms with E-state index in [0.29, 0.717) is 12.0 Å². The number of carbonyl (C=O) groups is 1. The molecule has 0 radical (unpaired) electrons. The molecule has 0 aliphatic carbocycles. The van der Waals surface area contributed by atoms with Crippen molar-refractivity contribution in [3.05, 3.63) is 24.3 Å². The minimum atomic E-state index is 0.368. The summed E-state index contributed by atoms with van der Waals surface area (Å²) in [5, 5.41) is 0. The van der Waals surface area contributed by atoms with Crippen molar-refractivity contribution in [1.29, 1.82) is 0 Å². The zero-order valence-electron chi connectivity index (χ0n) is 4.11. The highest BCUT2D eigenvalue weighted by Crippen LogP contribution is 1.80. The van der Waals surface area contributed by atoms with Crippen molar-refractivity contribution in [2.45, 2.75) is 0 Å². The van der Waals surface area contributed by atoms with Crippen LogP contribution >= 0.6 is 0 Å². The summed E-state index contributed by atoms with van der Waals surface area (Å²) in [6.07, 6.45) is 5.07. The van der Waals surface area contributed by atoms with Crippen LogP contribution in [0.1, 0.15) is 10.5 Å². The number of hydrogen-bond donors (Lipinski definition) is 0. The average molecular weight is 108 g/mol. The van der Waals surface area contributed by atoms with Gasteiger partial charge in [0, 0.05) is 12.4 Å². The summed E-state index contributed by atoms with van der Waals surface area (Å²) in [6, 6.07) is 0. The Balaban J connectivity index is 2.99. The van der Waals surface area contributed by atoms with E-state index in [1.165, 1.54) is 18.6 Å². The van der Waals surface area contributed by atoms with Crippen molar-refractivity contribution >= 4 is 6.29 Å². The summed E-state index contributed by atoms with van der Waals surface area (Å²) >= 11 is 0. The van der Waals surface area contributed by atoms with E-state index in [0.717, 1.165) is 0 Å². The van der Waals surface area contributed by atoms with Crippen LogP contribution in [0, 0.1) is 0 Å². The van der Waals surface area contributed by atoms with Crippen molar-refractivity contribution in [1.82, 2.24) is 9.97 Å². The Kier molecular flexibility index (Phi) is 1.32. The molecule has 8 heavy (non-hydrogen) atoms. The van der Waals surface area contributed by atoms with Gasteiger partial charge >= 0.3 is 0 Å². The number of aromatic nitrogens is 2. The van der Waals surface area contributed by atoms with Gasteiger partial charge in [-0.15, -0.1) is 0 Å². The van der Waals surface area contributed by atoms with Crippen molar-refractivity contribution in [2.75, 3.05) is 0 Å². The third kappa shape index (κ3) is 0.872. The normalized spacial score (nSPS) is 8.50. The van der Waals surface area contributed by atoms with Crippen molar-refractivity contribution in [2.24, 2.45) is 0 Å². The van der Waals surface area contributed by atoms with Crippen LogP contribution in [-0.4, -0.2) is 16.3 Å². The minimum Gasteiger partial charge on any atom is -0.296 e. The van der Waals surface area contributed by atoms with Crippen LogP contribution in [0.15, 0.2) is 18.6 Å². The van der Waals surface area contributed by atoms with E-state index < -0.39 is 0 Å². The quantitative estimate of drug-likeness (QED) is 0.485. The Morgan fingerprint density at radius 1 is 1.50 bits per heavy atom. The lowest BCUT2D eigenvalue weighted by atomic mass is 10.5. The molecule has 1 rings (SSSR count). The number of hydrogen-bond acceptors (Lipinski definition) is 3. The van der Waals surface area contributed by atoms with E-state index in [1.807, 2.05) is 0 Å². The van der Waals surface area contributed by atoms with Crippen LogP contribution in [0.3, 0.4) is 0 Å². The highest BCUT2D eigenvalue weighted by Gasteiger charge is 1.83. The van der Waals surface area contributed by atoms with Gasteiger partial charge in [-0.3, -0.25) is 14.8 Å². The number of aldehydes is 1. The van der Waals surface area contributed by atoms with Crippen LogP contribution in [0.4, 0.5) is 0 Å². The second-order valence-corrected chi connectivity index (χ2v) is 1.25. The first kappa shape index (κ1) is 4.90. The predicted molar refractivity (Wildman–Crippen MR) is 27.4 cm³/mol. The summed E-state index contributed by atoms with van der Waals surface area (Å²) in [5.41, 5.74) is 0.368. The van der Waals surface area contributed by atoms with E-state index >= 15 is 0 Å². The van der Waals surface area contributed by atoms with Crippen LogP contribution in [0.25, 0.3) is 0 Å². The zero-order valence-corrected chi connectivity index (χ0v) is 4.11. The van der Waals surface area contributed by atoms with Gasteiger partial charge in [-0.2, -0.15) is 0 Å². The first-order valence-corrected chi connectivity index (χ1v) is 2.14. The maximum absolute atomic E-state index is 9.90. The largest absolute Gasteiger partial charge is 0.296 e. The number of carbonyl (C=O) groups excluding carboxylic acids is 1. The molecule has 0 atom stereocenters. The smallest absolute Gasteiger partial charge is 0.170 e. The maximum Gasteiger partial charge on any atom is 0.170 e. The van der Waals surface area contributed by atoms with E-state index in [4.69, 9.17) is 0 Å². The molecule has 3 nitrogen and oxygen atoms in total. The lowest BCUT2D eigenvalue weighted by molar-refractivity contribution is 0.111. The molecule has 40 valence electrons. The summed E-state index contributed by atoms with van der Waals surface area (Å²) in [4.78, 5) is 17.2. The Hall–Kier alpha value is -1.25. The van der Waals surface area contributed by atoms with E-state index in [-0.39, 0.29) is 0 Å². The average Bonchev–Trinajstić information content (AvgIpc) is 1.90. The third-order valence-corrected chi connectivity index (χ3v) is 0.704. The molecular formula is C5H4N2O. The molecular weight excluding hydrogens is 104 g/mol. The van der Waals surface area contributed by atoms with Crippen molar-refractivity contribution in [3.8, 4) is 0 Å². The van der Waals surface area contributed by atoms with Crippen LogP contribution < -0.4 is 0 Å². The van der Waals surface area contributed by atoms with Gasteiger partial charge in [0.1, 0.15) is 5.69 Å². The second kappa shape index (κ2) is 2.16. The van der Waals surface area contributed by atoms with E-state index in [2.05, 4.69) is 9.97 Å². The monoisotopic (exact) mass is 108 g/mol. The van der Waals surface area contributed by atoms with Gasteiger partial charge in [-0.25, -0.2) is 0 Å². The van der Waals surface area contributed by atoms with Gasteiger partial charge in [0.25, 0.3) is 0 Å². The molecule has 0 spiro atoms. The lowest BCUT2D eigenvalue weighted by Crippen LogP contribution is -1.84. The third-order valence-electron chi connectivity index (χ3n) is 0.704. The second-order valence-electron chi connectivity index (χ2n) is 1.25. The van der Waals surface area contributed by atoms with E-state index in [9.17, 15) is 4.79 Å². The maximum atomic E-state index is 9.90. The van der Waals surface area contributed by atoms with Gasteiger partial charge in [-0.05, 0) is 0 Å². The summed E-state index contributed by atoms with van der Waals surface area (Å²) in [6.45, 7) is 0. The van der Waals surface area contributed by atoms with Crippen molar-refractivity contribution < 1.29 is 4.79 Å². The summed E-state index contributed by atoms with van der Waals surface area (Å²) in [7, 11) is 0. The molecule has 0 amide bonds. The molecule has 0 saturated heterocycles. The topological polar surface area (TPSA) is 42.9 Å². The molecule has 1 aromatic heterocycles. The Bertz CT molecular complexity index is 173. The Labute approximate surface area is 46.4 Å². The first-order valence-electron chi connectivity index (χ1n) is 2.14. The fourth-order valence-corrected chi connectivity index (χ4v) is 0.371. The highest BCUT2D eigenvalue weighted by atomic mass is 16.1. The van der Waals surface area contributed by atoms with Gasteiger partial charge in [0.05, 0.1) is 6.20 Å². The van der Waals surface area contributed by atoms with Crippen LogP contribution in [0.5, 0.6) is 0 Å². The number of nitrogens with zero attached hydrogens (tertiary/aromatic N) is 2. The number of rotatable bonds is 1. The van der Waals surface area contributed by atoms with Gasteiger partial charge in [0.15, 0.2) is 6.29 Å². The van der Waals surface area contributed by atoms with E-state index in [1.54, 1.807) is 0 Å². The SMILES string of the molecule is O=Cc1cnccn1. The molecule has 0 bridgehead atoms. The molecule has 0 aliphatic rings. The zero-order chi connectivity index (χ0) is 5.82. The molecule has 0 fully saturated rings. The summed E-state index contributed by atoms with van der Waals surface area (Å²) in [5.74, 6) is 0. The van der Waals surface area contributed by atoms with Crippen LogP contribution in [-0.2, 0) is 0 Å². The molecule has 1 aromatic rings. The molecule has 3 heteroatoms. The molecule has 1 heterocycles. The molecule has 0 aliphatic heterocycles. The standard InChI is InChI=1S/C5H4N2O/c8-4-5-3-6-1-2-7-5/h1-4H. The fourth-order valence-electron chi connectivity index (χ4n) is 0.371. The summed E-state index contributed by atoms with van der Waals surface area (Å²) < 4.78 is 0.